The molecule has 0 saturated carbocycles. The molecular weight excluding hydrogens is 303 g/mol. The zero-order valence-electron chi connectivity index (χ0n) is 12.8. The number of rotatable bonds is 3. The Kier molecular flexibility index (Phi) is 4.52. The average molecular weight is 321 g/mol. The zero-order valence-corrected chi connectivity index (χ0v) is 12.8. The summed E-state index contributed by atoms with van der Waals surface area (Å²) in [5.41, 5.74) is 1.11. The fourth-order valence-electron chi connectivity index (χ4n) is 2.92. The van der Waals surface area contributed by atoms with E-state index < -0.39 is 17.5 Å². The molecule has 2 aromatic rings. The van der Waals surface area contributed by atoms with Crippen LogP contribution in [0.15, 0.2) is 36.5 Å². The number of aromatic nitrogens is 1. The van der Waals surface area contributed by atoms with E-state index in [0.29, 0.717) is 26.2 Å². The van der Waals surface area contributed by atoms with Gasteiger partial charge in [0.2, 0.25) is 0 Å². The quantitative estimate of drug-likeness (QED) is 0.808. The van der Waals surface area contributed by atoms with E-state index in [9.17, 15) is 13.2 Å². The Labute approximate surface area is 133 Å². The Balaban J connectivity index is 1.68. The van der Waals surface area contributed by atoms with Gasteiger partial charge in [-0.3, -0.25) is 9.88 Å². The normalized spacial score (nSPS) is 17.3. The maximum absolute atomic E-state index is 13.9. The Morgan fingerprint density at radius 1 is 0.957 bits per heavy atom. The molecule has 3 rings (SSSR count). The third-order valence-corrected chi connectivity index (χ3v) is 4.33. The molecular formula is C17H18F3N3. The van der Waals surface area contributed by atoms with Crippen molar-refractivity contribution in [3.63, 3.8) is 0 Å². The van der Waals surface area contributed by atoms with Crippen molar-refractivity contribution in [2.24, 2.45) is 0 Å². The maximum atomic E-state index is 13.9. The van der Waals surface area contributed by atoms with Gasteiger partial charge in [-0.15, -0.1) is 0 Å². The van der Waals surface area contributed by atoms with Crippen LogP contribution in [0.4, 0.5) is 18.9 Å². The average Bonchev–Trinajstić information content (AvgIpc) is 2.60. The van der Waals surface area contributed by atoms with Gasteiger partial charge in [-0.1, -0.05) is 6.07 Å². The number of pyridine rings is 1. The van der Waals surface area contributed by atoms with Crippen molar-refractivity contribution in [2.45, 2.75) is 13.0 Å². The fraction of sp³-hybridized carbons (Fsp3) is 0.353. The molecule has 6 heteroatoms. The first-order chi connectivity index (χ1) is 11.1. The minimum Gasteiger partial charge on any atom is -0.367 e. The van der Waals surface area contributed by atoms with Crippen molar-refractivity contribution < 1.29 is 13.2 Å². The smallest absolute Gasteiger partial charge is 0.196 e. The van der Waals surface area contributed by atoms with Gasteiger partial charge >= 0.3 is 0 Å². The molecule has 3 nitrogen and oxygen atoms in total. The summed E-state index contributed by atoms with van der Waals surface area (Å²) in [6.07, 6.45) is 1.76. The molecule has 1 saturated heterocycles. The molecule has 1 unspecified atom stereocenters. The molecule has 1 aliphatic heterocycles. The van der Waals surface area contributed by atoms with Crippen LogP contribution in [0.1, 0.15) is 18.7 Å². The second kappa shape index (κ2) is 6.58. The van der Waals surface area contributed by atoms with Gasteiger partial charge in [0.15, 0.2) is 17.5 Å². The molecule has 1 aromatic heterocycles. The van der Waals surface area contributed by atoms with Gasteiger partial charge in [-0.05, 0) is 31.2 Å². The maximum Gasteiger partial charge on any atom is 0.196 e. The van der Waals surface area contributed by atoms with Gasteiger partial charge in [-0.2, -0.15) is 0 Å². The fourth-order valence-corrected chi connectivity index (χ4v) is 2.92. The van der Waals surface area contributed by atoms with E-state index in [1.165, 1.54) is 6.07 Å². The number of hydrogen-bond acceptors (Lipinski definition) is 3. The Morgan fingerprint density at radius 3 is 2.35 bits per heavy atom. The number of piperazine rings is 1. The monoisotopic (exact) mass is 321 g/mol. The van der Waals surface area contributed by atoms with Crippen molar-refractivity contribution in [2.75, 3.05) is 31.1 Å². The van der Waals surface area contributed by atoms with E-state index in [4.69, 9.17) is 0 Å². The number of nitrogens with zero attached hydrogens (tertiary/aromatic N) is 3. The molecule has 0 radical (unpaired) electrons. The molecule has 0 N–H and O–H groups in total. The molecule has 1 atom stereocenters. The molecule has 23 heavy (non-hydrogen) atoms. The molecule has 1 aromatic carbocycles. The first-order valence-corrected chi connectivity index (χ1v) is 7.61. The van der Waals surface area contributed by atoms with E-state index in [2.05, 4.69) is 16.8 Å². The number of halogens is 3. The van der Waals surface area contributed by atoms with Crippen LogP contribution >= 0.6 is 0 Å². The summed E-state index contributed by atoms with van der Waals surface area (Å²) in [6, 6.07) is 8.23. The lowest BCUT2D eigenvalue weighted by molar-refractivity contribution is 0.195. The summed E-state index contributed by atoms with van der Waals surface area (Å²) in [4.78, 5) is 8.36. The predicted octanol–water partition coefficient (Wildman–Crippen LogP) is 3.38. The van der Waals surface area contributed by atoms with Crippen molar-refractivity contribution in [1.29, 1.82) is 0 Å². The number of benzene rings is 1. The first kappa shape index (κ1) is 15.8. The second-order valence-corrected chi connectivity index (χ2v) is 5.65. The van der Waals surface area contributed by atoms with E-state index in [1.54, 1.807) is 11.1 Å². The third-order valence-electron chi connectivity index (χ3n) is 4.33. The van der Waals surface area contributed by atoms with Crippen LogP contribution in [0.3, 0.4) is 0 Å². The van der Waals surface area contributed by atoms with Gasteiger partial charge in [0, 0.05) is 38.4 Å². The highest BCUT2D eigenvalue weighted by Crippen LogP contribution is 2.26. The van der Waals surface area contributed by atoms with Crippen molar-refractivity contribution in [3.05, 3.63) is 59.7 Å². The van der Waals surface area contributed by atoms with Gasteiger partial charge in [0.05, 0.1) is 11.4 Å². The minimum absolute atomic E-state index is 0.119. The minimum atomic E-state index is -1.41. The highest BCUT2D eigenvalue weighted by Gasteiger charge is 2.25. The topological polar surface area (TPSA) is 19.4 Å². The molecule has 0 amide bonds. The highest BCUT2D eigenvalue weighted by molar-refractivity contribution is 5.48. The third kappa shape index (κ3) is 3.17. The largest absolute Gasteiger partial charge is 0.367 e. The summed E-state index contributed by atoms with van der Waals surface area (Å²) >= 11 is 0. The first-order valence-electron chi connectivity index (χ1n) is 7.61. The van der Waals surface area contributed by atoms with Crippen LogP contribution in [-0.2, 0) is 0 Å². The predicted molar refractivity (Wildman–Crippen MR) is 82.8 cm³/mol. The van der Waals surface area contributed by atoms with Crippen LogP contribution in [0.25, 0.3) is 0 Å². The van der Waals surface area contributed by atoms with Crippen molar-refractivity contribution >= 4 is 5.69 Å². The molecule has 0 bridgehead atoms. The van der Waals surface area contributed by atoms with Gasteiger partial charge in [0.25, 0.3) is 0 Å². The van der Waals surface area contributed by atoms with Crippen molar-refractivity contribution in [3.8, 4) is 0 Å². The van der Waals surface area contributed by atoms with Crippen molar-refractivity contribution in [1.82, 2.24) is 9.88 Å². The molecule has 1 aliphatic rings. The van der Waals surface area contributed by atoms with Crippen LogP contribution < -0.4 is 4.90 Å². The Hall–Kier alpha value is -2.08. The summed E-state index contributed by atoms with van der Waals surface area (Å²) in [6.45, 7) is 4.60. The van der Waals surface area contributed by atoms with E-state index in [1.807, 2.05) is 18.2 Å². The molecule has 0 spiro atoms. The molecule has 2 heterocycles. The van der Waals surface area contributed by atoms with Crippen LogP contribution in [0.2, 0.25) is 0 Å². The van der Waals surface area contributed by atoms with Gasteiger partial charge in [-0.25, -0.2) is 13.2 Å². The lowest BCUT2D eigenvalue weighted by atomic mass is 10.1. The standard InChI is InChI=1S/C17H18F3N3/c1-12(14-4-2-3-7-21-14)22-8-10-23(11-9-22)15-6-5-13(18)16(19)17(15)20/h2-7,12H,8-11H2,1H3. The summed E-state index contributed by atoms with van der Waals surface area (Å²) < 4.78 is 40.3. The highest BCUT2D eigenvalue weighted by atomic mass is 19.2. The number of anilines is 1. The van der Waals surface area contributed by atoms with Crippen LogP contribution in [0, 0.1) is 17.5 Å². The molecule has 122 valence electrons. The lowest BCUT2D eigenvalue weighted by Crippen LogP contribution is -2.47. The summed E-state index contributed by atoms with van der Waals surface area (Å²) in [7, 11) is 0. The van der Waals surface area contributed by atoms with E-state index in [0.717, 1.165) is 11.8 Å². The zero-order chi connectivity index (χ0) is 16.4. The van der Waals surface area contributed by atoms with Crippen LogP contribution in [0.5, 0.6) is 0 Å². The molecule has 0 aliphatic carbocycles. The van der Waals surface area contributed by atoms with E-state index >= 15 is 0 Å². The number of hydrogen-bond donors (Lipinski definition) is 0. The van der Waals surface area contributed by atoms with Crippen LogP contribution in [-0.4, -0.2) is 36.1 Å². The lowest BCUT2D eigenvalue weighted by Gasteiger charge is -2.39. The summed E-state index contributed by atoms with van der Waals surface area (Å²) in [5, 5.41) is 0. The summed E-state index contributed by atoms with van der Waals surface area (Å²) in [5.74, 6) is -3.68. The SMILES string of the molecule is CC(c1ccccn1)N1CCN(c2ccc(F)c(F)c2F)CC1. The van der Waals surface area contributed by atoms with Gasteiger partial charge in [0.1, 0.15) is 0 Å². The Morgan fingerprint density at radius 2 is 1.70 bits per heavy atom. The molecule has 1 fully saturated rings. The van der Waals surface area contributed by atoms with Gasteiger partial charge < -0.3 is 4.90 Å². The Bertz CT molecular complexity index is 670. The second-order valence-electron chi connectivity index (χ2n) is 5.65. The van der Waals surface area contributed by atoms with E-state index in [-0.39, 0.29) is 11.7 Å².